The molecule has 118 valence electrons. The summed E-state index contributed by atoms with van der Waals surface area (Å²) in [7, 11) is -1.06. The molecule has 0 saturated carbocycles. The molecule has 1 aromatic rings. The van der Waals surface area contributed by atoms with Gasteiger partial charge in [0.1, 0.15) is 12.0 Å². The third-order valence-corrected chi connectivity index (χ3v) is 6.12. The minimum Gasteiger partial charge on any atom is -0.383 e. The van der Waals surface area contributed by atoms with Gasteiger partial charge in [0, 0.05) is 20.0 Å². The summed E-state index contributed by atoms with van der Waals surface area (Å²) in [6.07, 6.45) is 3.54. The molecule has 0 radical (unpaired) electrons. The van der Waals surface area contributed by atoms with E-state index in [1.807, 2.05) is 0 Å². The van der Waals surface area contributed by atoms with Gasteiger partial charge in [-0.15, -0.1) is 0 Å². The van der Waals surface area contributed by atoms with Gasteiger partial charge in [-0.2, -0.15) is 17.6 Å². The highest BCUT2D eigenvalue weighted by molar-refractivity contribution is 7.80. The first-order valence-corrected chi connectivity index (χ1v) is 11.7. The van der Waals surface area contributed by atoms with Crippen LogP contribution in [-0.4, -0.2) is 29.5 Å². The van der Waals surface area contributed by atoms with Crippen LogP contribution >= 0.6 is 12.6 Å². The summed E-state index contributed by atoms with van der Waals surface area (Å²) in [6.45, 7) is 7.14. The van der Waals surface area contributed by atoms with Crippen LogP contribution in [0, 0.1) is 5.92 Å². The van der Waals surface area contributed by atoms with Crippen LogP contribution < -0.4 is 11.4 Å². The lowest BCUT2D eigenvalue weighted by Crippen LogP contribution is -2.27. The second kappa shape index (κ2) is 6.54. The van der Waals surface area contributed by atoms with E-state index in [1.54, 1.807) is 16.8 Å². The van der Waals surface area contributed by atoms with E-state index in [1.165, 1.54) is 6.04 Å². The smallest absolute Gasteiger partial charge is 0.351 e. The molecule has 0 aromatic carbocycles. The number of anilines is 1. The predicted octanol–water partition coefficient (Wildman–Crippen LogP) is 2.39. The van der Waals surface area contributed by atoms with Gasteiger partial charge in [-0.1, -0.05) is 32.1 Å². The third kappa shape index (κ3) is 4.34. The van der Waals surface area contributed by atoms with Gasteiger partial charge >= 0.3 is 5.69 Å². The van der Waals surface area contributed by atoms with Crippen LogP contribution in [0.5, 0.6) is 0 Å². The average molecular weight is 328 g/mol. The number of nitrogens with zero attached hydrogens (tertiary/aromatic N) is 2. The molecule has 0 unspecified atom stereocenters. The topological polar surface area (TPSA) is 70.1 Å². The highest BCUT2D eigenvalue weighted by Gasteiger charge is 2.36. The first-order valence-electron chi connectivity index (χ1n) is 7.41. The molecule has 3 atom stereocenters. The zero-order valence-electron chi connectivity index (χ0n) is 13.0. The molecule has 2 heterocycles. The van der Waals surface area contributed by atoms with Gasteiger partial charge in [-0.3, -0.25) is 4.57 Å². The van der Waals surface area contributed by atoms with Crippen LogP contribution in [0.25, 0.3) is 0 Å². The average Bonchev–Trinajstić information content (AvgIpc) is 2.78. The van der Waals surface area contributed by atoms with Crippen LogP contribution in [0.2, 0.25) is 25.7 Å². The molecule has 2 rings (SSSR count). The highest BCUT2D eigenvalue weighted by Crippen LogP contribution is 2.37. The number of hydrogen-bond donors (Lipinski definition) is 2. The van der Waals surface area contributed by atoms with Gasteiger partial charge in [-0.25, -0.2) is 4.79 Å². The molecule has 0 amide bonds. The van der Waals surface area contributed by atoms with Gasteiger partial charge in [0.05, 0.1) is 6.10 Å². The van der Waals surface area contributed by atoms with Crippen LogP contribution in [0.15, 0.2) is 17.1 Å². The number of ether oxygens (including phenoxy) is 1. The molecule has 2 N–H and O–H groups in total. The molecule has 1 saturated heterocycles. The standard InChI is InChI=1S/C14H25N3O2SSi/c1-21(2,3)7-5-10-8-13(19-11(10)9-20)17-6-4-12(15)16-14(17)18/h4,6,10-11,13,20H,5,7-9H2,1-3H3,(H2,15,16,18)/t10-,11+,13+/m0/s1. The first-order chi connectivity index (χ1) is 9.80. The molecule has 7 heteroatoms. The number of aromatic nitrogens is 2. The Bertz CT molecular complexity index is 544. The summed E-state index contributed by atoms with van der Waals surface area (Å²) in [5.41, 5.74) is 5.19. The fraction of sp³-hybridized carbons (Fsp3) is 0.714. The molecule has 5 nitrogen and oxygen atoms in total. The van der Waals surface area contributed by atoms with Crippen LogP contribution in [0.4, 0.5) is 5.82 Å². The minimum atomic E-state index is -1.06. The van der Waals surface area contributed by atoms with Crippen molar-refractivity contribution < 1.29 is 4.74 Å². The van der Waals surface area contributed by atoms with E-state index >= 15 is 0 Å². The lowest BCUT2D eigenvalue weighted by atomic mass is 9.99. The first kappa shape index (κ1) is 16.6. The van der Waals surface area contributed by atoms with E-state index in [0.717, 1.165) is 12.8 Å². The molecule has 1 fully saturated rings. The number of rotatable bonds is 5. The zero-order chi connectivity index (χ0) is 15.6. The van der Waals surface area contributed by atoms with Crippen molar-refractivity contribution in [3.05, 3.63) is 22.7 Å². The maximum atomic E-state index is 11.9. The van der Waals surface area contributed by atoms with Crippen LogP contribution in [0.3, 0.4) is 0 Å². The normalized spacial score (nSPS) is 26.2. The van der Waals surface area contributed by atoms with E-state index in [9.17, 15) is 4.79 Å². The Hall–Kier alpha value is -0.793. The van der Waals surface area contributed by atoms with Crippen molar-refractivity contribution >= 4 is 26.5 Å². The van der Waals surface area contributed by atoms with E-state index in [0.29, 0.717) is 11.7 Å². The molecular weight excluding hydrogens is 302 g/mol. The summed E-state index contributed by atoms with van der Waals surface area (Å²) in [4.78, 5) is 15.7. The molecular formula is C14H25N3O2SSi. The summed E-state index contributed by atoms with van der Waals surface area (Å²) >= 11 is 4.40. The SMILES string of the molecule is C[Si](C)(C)CC[C@H]1C[C@H](n2ccc(N)nc2=O)O[C@@H]1CS. The fourth-order valence-corrected chi connectivity index (χ4v) is 4.34. The molecule has 1 aliphatic rings. The molecule has 21 heavy (non-hydrogen) atoms. The van der Waals surface area contributed by atoms with Gasteiger partial charge in [0.25, 0.3) is 0 Å². The van der Waals surface area contributed by atoms with E-state index in [2.05, 4.69) is 37.3 Å². The number of hydrogen-bond acceptors (Lipinski definition) is 5. The van der Waals surface area contributed by atoms with Crippen molar-refractivity contribution in [2.75, 3.05) is 11.5 Å². The second-order valence-electron chi connectivity index (χ2n) is 6.95. The Morgan fingerprint density at radius 2 is 2.24 bits per heavy atom. The van der Waals surface area contributed by atoms with Crippen molar-refractivity contribution in [1.29, 1.82) is 0 Å². The van der Waals surface area contributed by atoms with E-state index in [-0.39, 0.29) is 23.8 Å². The molecule has 0 aliphatic carbocycles. The Balaban J connectivity index is 2.09. The van der Waals surface area contributed by atoms with E-state index < -0.39 is 8.07 Å². The Morgan fingerprint density at radius 1 is 1.52 bits per heavy atom. The lowest BCUT2D eigenvalue weighted by molar-refractivity contribution is 0.00448. The summed E-state index contributed by atoms with van der Waals surface area (Å²) in [6, 6.07) is 2.91. The van der Waals surface area contributed by atoms with Gasteiger partial charge in [-0.05, 0) is 18.4 Å². The zero-order valence-corrected chi connectivity index (χ0v) is 14.8. The minimum absolute atomic E-state index is 0.110. The molecule has 0 bridgehead atoms. The number of thiol groups is 1. The van der Waals surface area contributed by atoms with Crippen molar-refractivity contribution in [2.24, 2.45) is 5.92 Å². The second-order valence-corrected chi connectivity index (χ2v) is 12.9. The summed E-state index contributed by atoms with van der Waals surface area (Å²) in [5.74, 6) is 1.39. The summed E-state index contributed by atoms with van der Waals surface area (Å²) < 4.78 is 7.56. The lowest BCUT2D eigenvalue weighted by Gasteiger charge is -2.21. The Kier molecular flexibility index (Phi) is 5.16. The predicted molar refractivity (Wildman–Crippen MR) is 91.5 cm³/mol. The van der Waals surface area contributed by atoms with E-state index in [4.69, 9.17) is 10.5 Å². The quantitative estimate of drug-likeness (QED) is 0.643. The molecule has 0 spiro atoms. The van der Waals surface area contributed by atoms with Gasteiger partial charge in [0.15, 0.2) is 0 Å². The maximum Gasteiger partial charge on any atom is 0.351 e. The monoisotopic (exact) mass is 327 g/mol. The van der Waals surface area contributed by atoms with Crippen molar-refractivity contribution in [3.8, 4) is 0 Å². The largest absolute Gasteiger partial charge is 0.383 e. The third-order valence-electron chi connectivity index (χ3n) is 3.97. The van der Waals surface area contributed by atoms with Crippen molar-refractivity contribution in [1.82, 2.24) is 9.55 Å². The van der Waals surface area contributed by atoms with Crippen LogP contribution in [-0.2, 0) is 4.74 Å². The molecule has 1 aliphatic heterocycles. The van der Waals surface area contributed by atoms with Crippen LogP contribution in [0.1, 0.15) is 19.1 Å². The Labute approximate surface area is 132 Å². The van der Waals surface area contributed by atoms with Gasteiger partial charge < -0.3 is 10.5 Å². The Morgan fingerprint density at radius 3 is 2.81 bits per heavy atom. The number of nitrogen functional groups attached to an aromatic ring is 1. The van der Waals surface area contributed by atoms with Crippen molar-refractivity contribution in [3.63, 3.8) is 0 Å². The highest BCUT2D eigenvalue weighted by atomic mass is 32.1. The van der Waals surface area contributed by atoms with Gasteiger partial charge in [0.2, 0.25) is 0 Å². The summed E-state index contributed by atoms with van der Waals surface area (Å²) in [5, 5.41) is 0. The van der Waals surface area contributed by atoms with Crippen molar-refractivity contribution in [2.45, 2.75) is 50.9 Å². The maximum absolute atomic E-state index is 11.9. The fourth-order valence-electron chi connectivity index (χ4n) is 2.72. The molecule has 1 aromatic heterocycles. The number of nitrogens with two attached hydrogens (primary N) is 1.